The van der Waals surface area contributed by atoms with E-state index in [9.17, 15) is 8.42 Å². The van der Waals surface area contributed by atoms with E-state index in [4.69, 9.17) is 0 Å². The second-order valence-electron chi connectivity index (χ2n) is 6.90. The van der Waals surface area contributed by atoms with E-state index >= 15 is 0 Å². The number of hydrogen-bond donors (Lipinski definition) is 0. The minimum atomic E-state index is -3.59. The Morgan fingerprint density at radius 2 is 1.43 bits per heavy atom. The van der Waals surface area contributed by atoms with Crippen molar-refractivity contribution in [2.45, 2.75) is 82.4 Å². The third-order valence-corrected chi connectivity index (χ3v) is 5.84. The third kappa shape index (κ3) is 6.64. The summed E-state index contributed by atoms with van der Waals surface area (Å²) in [5.41, 5.74) is 1.25. The summed E-state index contributed by atoms with van der Waals surface area (Å²) in [7, 11) is -2.40. The monoisotopic (exact) mass is 340 g/mol. The van der Waals surface area contributed by atoms with Crippen molar-refractivity contribution in [3.05, 3.63) is 29.8 Å². The van der Waals surface area contributed by atoms with Crippen LogP contribution in [0.15, 0.2) is 29.2 Å². The van der Waals surface area contributed by atoms with Crippen LogP contribution in [-0.4, -0.2) is 15.5 Å². The van der Waals surface area contributed by atoms with Crippen LogP contribution in [0.3, 0.4) is 0 Å². The lowest BCUT2D eigenvalue weighted by molar-refractivity contribution is 0.397. The number of rotatable bonds is 11. The highest BCUT2D eigenvalue weighted by molar-refractivity contribution is 7.86. The van der Waals surface area contributed by atoms with E-state index in [1.807, 2.05) is 12.1 Å². The highest BCUT2D eigenvalue weighted by Gasteiger charge is 2.21. The van der Waals surface area contributed by atoms with Gasteiger partial charge in [-0.1, -0.05) is 77.8 Å². The molecule has 0 amide bonds. The van der Waals surface area contributed by atoms with E-state index in [2.05, 4.69) is 25.0 Å². The van der Waals surface area contributed by atoms with Gasteiger partial charge in [0.2, 0.25) is 0 Å². The van der Waals surface area contributed by atoms with Crippen LogP contribution in [0.4, 0.5) is 0 Å². The van der Waals surface area contributed by atoms with Crippen LogP contribution in [0, 0.1) is 0 Å². The molecule has 3 nitrogen and oxygen atoms in total. The Kier molecular flexibility index (Phi) is 8.27. The Labute approximate surface area is 142 Å². The lowest BCUT2D eigenvalue weighted by atomic mass is 9.80. The minimum absolute atomic E-state index is 0.0682. The predicted molar refractivity (Wildman–Crippen MR) is 96.3 cm³/mol. The number of hydrogen-bond acceptors (Lipinski definition) is 3. The number of unbranched alkanes of at least 4 members (excludes halogenated alkanes) is 6. The van der Waals surface area contributed by atoms with Crippen molar-refractivity contribution >= 4 is 10.1 Å². The lowest BCUT2D eigenvalue weighted by Gasteiger charge is -2.25. The molecule has 1 aromatic carbocycles. The Hall–Kier alpha value is -0.870. The summed E-state index contributed by atoms with van der Waals surface area (Å²) in [6.45, 7) is 6.69. The van der Waals surface area contributed by atoms with Crippen molar-refractivity contribution in [1.29, 1.82) is 0 Å². The third-order valence-electron chi connectivity index (χ3n) is 4.55. The van der Waals surface area contributed by atoms with Gasteiger partial charge in [0.1, 0.15) is 0 Å². The molecule has 1 rings (SSSR count). The van der Waals surface area contributed by atoms with Crippen LogP contribution in [0.1, 0.15) is 77.7 Å². The van der Waals surface area contributed by atoms with Gasteiger partial charge in [-0.3, -0.25) is 4.18 Å². The summed E-state index contributed by atoms with van der Waals surface area (Å²) in [5.74, 6) is 0. The van der Waals surface area contributed by atoms with Gasteiger partial charge >= 0.3 is 0 Å². The summed E-state index contributed by atoms with van der Waals surface area (Å²) in [6, 6.07) is 7.10. The van der Waals surface area contributed by atoms with Crippen LogP contribution in [0.25, 0.3) is 0 Å². The highest BCUT2D eigenvalue weighted by Crippen LogP contribution is 2.30. The fraction of sp³-hybridized carbons (Fsp3) is 0.684. The summed E-state index contributed by atoms with van der Waals surface area (Å²) in [4.78, 5) is 0.218. The summed E-state index contributed by atoms with van der Waals surface area (Å²) < 4.78 is 27.9. The van der Waals surface area contributed by atoms with Gasteiger partial charge in [0.05, 0.1) is 12.0 Å². The van der Waals surface area contributed by atoms with Crippen LogP contribution in [0.5, 0.6) is 0 Å². The molecule has 0 atom stereocenters. The normalized spacial score (nSPS) is 12.5. The second-order valence-corrected chi connectivity index (χ2v) is 8.61. The van der Waals surface area contributed by atoms with Gasteiger partial charge in [0.25, 0.3) is 10.1 Å². The van der Waals surface area contributed by atoms with E-state index in [0.29, 0.717) is 0 Å². The molecule has 1 aromatic rings. The van der Waals surface area contributed by atoms with Crippen molar-refractivity contribution in [3.8, 4) is 0 Å². The highest BCUT2D eigenvalue weighted by atomic mass is 32.2. The van der Waals surface area contributed by atoms with Gasteiger partial charge in [0, 0.05) is 0 Å². The minimum Gasteiger partial charge on any atom is -0.270 e. The van der Waals surface area contributed by atoms with Crippen LogP contribution in [-0.2, 0) is 19.7 Å². The van der Waals surface area contributed by atoms with E-state index in [1.54, 1.807) is 12.1 Å². The molecule has 132 valence electrons. The molecule has 0 bridgehead atoms. The van der Waals surface area contributed by atoms with Crippen molar-refractivity contribution in [3.63, 3.8) is 0 Å². The van der Waals surface area contributed by atoms with Crippen molar-refractivity contribution < 1.29 is 12.6 Å². The molecule has 0 aromatic heterocycles. The van der Waals surface area contributed by atoms with Gasteiger partial charge in [0.15, 0.2) is 0 Å². The largest absolute Gasteiger partial charge is 0.296 e. The maximum Gasteiger partial charge on any atom is 0.296 e. The van der Waals surface area contributed by atoms with Gasteiger partial charge in [-0.2, -0.15) is 8.42 Å². The predicted octanol–water partition coefficient (Wildman–Crippen LogP) is 5.44. The molecule has 0 fully saturated rings. The molecule has 0 aliphatic rings. The molecule has 23 heavy (non-hydrogen) atoms. The Bertz CT molecular complexity index is 544. The molecule has 0 saturated heterocycles. The second kappa shape index (κ2) is 9.43. The number of benzene rings is 1. The average molecular weight is 341 g/mol. The zero-order chi connectivity index (χ0) is 17.3. The first-order chi connectivity index (χ1) is 10.8. The van der Waals surface area contributed by atoms with E-state index in [0.717, 1.165) is 6.42 Å². The van der Waals surface area contributed by atoms with Gasteiger partial charge in [-0.15, -0.1) is 0 Å². The van der Waals surface area contributed by atoms with Gasteiger partial charge in [-0.05, 0) is 29.5 Å². The average Bonchev–Trinajstić information content (AvgIpc) is 2.54. The maximum absolute atomic E-state index is 11.7. The first-order valence-corrected chi connectivity index (χ1v) is 10.2. The Morgan fingerprint density at radius 1 is 0.913 bits per heavy atom. The zero-order valence-corrected chi connectivity index (χ0v) is 15.9. The molecule has 0 spiro atoms. The van der Waals surface area contributed by atoms with Crippen molar-refractivity contribution in [2.75, 3.05) is 7.11 Å². The van der Waals surface area contributed by atoms with Crippen LogP contribution >= 0.6 is 0 Å². The fourth-order valence-electron chi connectivity index (χ4n) is 2.84. The molecule has 0 aliphatic heterocycles. The summed E-state index contributed by atoms with van der Waals surface area (Å²) in [5, 5.41) is 0. The topological polar surface area (TPSA) is 43.4 Å². The Balaban J connectivity index is 2.50. The van der Waals surface area contributed by atoms with E-state index < -0.39 is 10.1 Å². The molecular weight excluding hydrogens is 308 g/mol. The Morgan fingerprint density at radius 3 is 1.96 bits per heavy atom. The standard InChI is InChI=1S/C19H32O3S/c1-5-6-7-8-9-10-11-16-19(2,3)17-12-14-18(15-13-17)23(20,21)22-4/h12-15H,5-11,16H2,1-4H3. The molecule has 0 saturated carbocycles. The van der Waals surface area contributed by atoms with E-state index in [-0.39, 0.29) is 10.3 Å². The molecule has 0 heterocycles. The van der Waals surface area contributed by atoms with Crippen LogP contribution in [0.2, 0.25) is 0 Å². The fourth-order valence-corrected chi connectivity index (χ4v) is 3.50. The molecule has 0 unspecified atom stereocenters. The SMILES string of the molecule is CCCCCCCCCC(C)(C)c1ccc(S(=O)(=O)OC)cc1. The molecule has 0 aliphatic carbocycles. The zero-order valence-electron chi connectivity index (χ0n) is 15.1. The molecule has 4 heteroatoms. The summed E-state index contributed by atoms with van der Waals surface area (Å²) in [6.07, 6.45) is 10.3. The quantitative estimate of drug-likeness (QED) is 0.398. The molecule has 0 radical (unpaired) electrons. The van der Waals surface area contributed by atoms with Gasteiger partial charge < -0.3 is 0 Å². The smallest absolute Gasteiger partial charge is 0.270 e. The molecule has 0 N–H and O–H groups in total. The lowest BCUT2D eigenvalue weighted by Crippen LogP contribution is -2.17. The summed E-state index contributed by atoms with van der Waals surface area (Å²) >= 11 is 0. The van der Waals surface area contributed by atoms with Gasteiger partial charge in [-0.25, -0.2) is 0 Å². The first kappa shape index (κ1) is 20.2. The van der Waals surface area contributed by atoms with Crippen LogP contribution < -0.4 is 0 Å². The molecular formula is C19H32O3S. The first-order valence-electron chi connectivity index (χ1n) is 8.74. The maximum atomic E-state index is 11.7. The van der Waals surface area contributed by atoms with Crippen molar-refractivity contribution in [1.82, 2.24) is 0 Å². The van der Waals surface area contributed by atoms with Crippen molar-refractivity contribution in [2.24, 2.45) is 0 Å². The van der Waals surface area contributed by atoms with E-state index in [1.165, 1.54) is 57.6 Å².